The van der Waals surface area contributed by atoms with Crippen molar-refractivity contribution in [3.63, 3.8) is 0 Å². The van der Waals surface area contributed by atoms with E-state index in [1.165, 1.54) is 17.3 Å². The van der Waals surface area contributed by atoms with Crippen molar-refractivity contribution in [3.05, 3.63) is 53.2 Å². The summed E-state index contributed by atoms with van der Waals surface area (Å²) in [7, 11) is 0. The van der Waals surface area contributed by atoms with Crippen LogP contribution in [0.1, 0.15) is 41.3 Å². The second-order valence-corrected chi connectivity index (χ2v) is 7.02. The summed E-state index contributed by atoms with van der Waals surface area (Å²) in [5.74, 6) is 1.32. The van der Waals surface area contributed by atoms with E-state index in [0.717, 1.165) is 44.0 Å². The number of anilines is 1. The smallest absolute Gasteiger partial charge is 0.250 e. The summed E-state index contributed by atoms with van der Waals surface area (Å²) in [6.45, 7) is 7.80. The Kier molecular flexibility index (Phi) is 6.29. The molecule has 6 heteroatoms. The SMILES string of the molecule is CCOc1cc(CN2CCC(Nc3ccc(C(N)=O)cn3)CC2)ccc1C. The van der Waals surface area contributed by atoms with Crippen molar-refractivity contribution in [2.75, 3.05) is 25.0 Å². The lowest BCUT2D eigenvalue weighted by Crippen LogP contribution is -2.38. The van der Waals surface area contributed by atoms with E-state index >= 15 is 0 Å². The highest BCUT2D eigenvalue weighted by Gasteiger charge is 2.19. The topological polar surface area (TPSA) is 80.5 Å². The summed E-state index contributed by atoms with van der Waals surface area (Å²) >= 11 is 0. The van der Waals surface area contributed by atoms with Crippen molar-refractivity contribution in [2.45, 2.75) is 39.3 Å². The molecule has 3 N–H and O–H groups in total. The van der Waals surface area contributed by atoms with Crippen molar-refractivity contribution in [2.24, 2.45) is 5.73 Å². The van der Waals surface area contributed by atoms with Gasteiger partial charge in [0, 0.05) is 31.9 Å². The van der Waals surface area contributed by atoms with Gasteiger partial charge in [0.15, 0.2) is 0 Å². The van der Waals surface area contributed by atoms with Crippen LogP contribution < -0.4 is 15.8 Å². The van der Waals surface area contributed by atoms with Crippen molar-refractivity contribution >= 4 is 11.7 Å². The minimum atomic E-state index is -0.453. The molecule has 0 bridgehead atoms. The van der Waals surface area contributed by atoms with Crippen molar-refractivity contribution in [1.29, 1.82) is 0 Å². The molecule has 2 heterocycles. The van der Waals surface area contributed by atoms with Gasteiger partial charge in [-0.15, -0.1) is 0 Å². The number of benzene rings is 1. The highest BCUT2D eigenvalue weighted by atomic mass is 16.5. The number of nitrogens with two attached hydrogens (primary N) is 1. The molecule has 0 saturated carbocycles. The highest BCUT2D eigenvalue weighted by molar-refractivity contribution is 5.92. The maximum atomic E-state index is 11.1. The number of likely N-dealkylation sites (tertiary alicyclic amines) is 1. The van der Waals surface area contributed by atoms with Gasteiger partial charge in [0.25, 0.3) is 0 Å². The van der Waals surface area contributed by atoms with Crippen LogP contribution in [0.3, 0.4) is 0 Å². The maximum absolute atomic E-state index is 11.1. The Balaban J connectivity index is 1.50. The monoisotopic (exact) mass is 368 g/mol. The number of amides is 1. The second kappa shape index (κ2) is 8.86. The lowest BCUT2D eigenvalue weighted by Gasteiger charge is -2.32. The van der Waals surface area contributed by atoms with Crippen LogP contribution in [0.5, 0.6) is 5.75 Å². The van der Waals surface area contributed by atoms with Gasteiger partial charge in [0.05, 0.1) is 12.2 Å². The van der Waals surface area contributed by atoms with E-state index in [2.05, 4.69) is 40.3 Å². The van der Waals surface area contributed by atoms with Crippen LogP contribution in [0.15, 0.2) is 36.5 Å². The first kappa shape index (κ1) is 19.2. The van der Waals surface area contributed by atoms with E-state index in [0.29, 0.717) is 18.2 Å². The van der Waals surface area contributed by atoms with Crippen LogP contribution in [0.25, 0.3) is 0 Å². The predicted molar refractivity (Wildman–Crippen MR) is 107 cm³/mol. The van der Waals surface area contributed by atoms with Gasteiger partial charge in [-0.05, 0) is 56.0 Å². The number of nitrogens with one attached hydrogen (secondary N) is 1. The van der Waals surface area contributed by atoms with E-state index in [4.69, 9.17) is 10.5 Å². The molecule has 27 heavy (non-hydrogen) atoms. The van der Waals surface area contributed by atoms with Gasteiger partial charge in [-0.3, -0.25) is 9.69 Å². The van der Waals surface area contributed by atoms with Gasteiger partial charge >= 0.3 is 0 Å². The number of carbonyl (C=O) groups excluding carboxylic acids is 1. The Labute approximate surface area is 160 Å². The number of pyridine rings is 1. The van der Waals surface area contributed by atoms with Gasteiger partial charge in [0.1, 0.15) is 11.6 Å². The molecule has 6 nitrogen and oxygen atoms in total. The first-order valence-corrected chi connectivity index (χ1v) is 9.52. The Hall–Kier alpha value is -2.60. The molecule has 1 saturated heterocycles. The Morgan fingerprint density at radius 1 is 1.30 bits per heavy atom. The largest absolute Gasteiger partial charge is 0.494 e. The molecule has 144 valence electrons. The van der Waals surface area contributed by atoms with E-state index in [1.54, 1.807) is 6.07 Å². The van der Waals surface area contributed by atoms with Gasteiger partial charge in [0.2, 0.25) is 5.91 Å². The fraction of sp³-hybridized carbons (Fsp3) is 0.429. The van der Waals surface area contributed by atoms with E-state index in [1.807, 2.05) is 13.0 Å². The van der Waals surface area contributed by atoms with Crippen molar-refractivity contribution < 1.29 is 9.53 Å². The van der Waals surface area contributed by atoms with Crippen LogP contribution in [-0.2, 0) is 6.54 Å². The zero-order chi connectivity index (χ0) is 19.2. The van der Waals surface area contributed by atoms with Crippen LogP contribution in [0, 0.1) is 6.92 Å². The zero-order valence-corrected chi connectivity index (χ0v) is 16.1. The fourth-order valence-electron chi connectivity index (χ4n) is 3.38. The van der Waals surface area contributed by atoms with Gasteiger partial charge in [-0.25, -0.2) is 4.98 Å². The Morgan fingerprint density at radius 3 is 2.70 bits per heavy atom. The summed E-state index contributed by atoms with van der Waals surface area (Å²) < 4.78 is 5.71. The molecule has 1 aliphatic rings. The third kappa shape index (κ3) is 5.20. The van der Waals surface area contributed by atoms with Crippen molar-refractivity contribution in [3.8, 4) is 5.75 Å². The number of aryl methyl sites for hydroxylation is 1. The lowest BCUT2D eigenvalue weighted by molar-refractivity contribution is 0.1000. The average molecular weight is 368 g/mol. The second-order valence-electron chi connectivity index (χ2n) is 7.02. The maximum Gasteiger partial charge on any atom is 0.250 e. The number of piperidine rings is 1. The molecule has 1 aromatic carbocycles. The van der Waals surface area contributed by atoms with E-state index in [9.17, 15) is 4.79 Å². The Bertz CT molecular complexity index is 768. The van der Waals surface area contributed by atoms with Crippen LogP contribution in [0.4, 0.5) is 5.82 Å². The average Bonchev–Trinajstić information content (AvgIpc) is 2.67. The Morgan fingerprint density at radius 2 is 2.07 bits per heavy atom. The third-order valence-corrected chi connectivity index (χ3v) is 4.95. The predicted octanol–water partition coefficient (Wildman–Crippen LogP) is 2.96. The quantitative estimate of drug-likeness (QED) is 0.785. The fourth-order valence-corrected chi connectivity index (χ4v) is 3.38. The molecular weight excluding hydrogens is 340 g/mol. The summed E-state index contributed by atoms with van der Waals surface area (Å²) in [5, 5.41) is 3.45. The first-order valence-electron chi connectivity index (χ1n) is 9.52. The number of hydrogen-bond acceptors (Lipinski definition) is 5. The zero-order valence-electron chi connectivity index (χ0n) is 16.1. The first-order chi connectivity index (χ1) is 13.0. The summed E-state index contributed by atoms with van der Waals surface area (Å²) in [4.78, 5) is 17.9. The highest BCUT2D eigenvalue weighted by Crippen LogP contribution is 2.22. The lowest BCUT2D eigenvalue weighted by atomic mass is 10.0. The molecule has 0 aliphatic carbocycles. The van der Waals surface area contributed by atoms with E-state index < -0.39 is 5.91 Å². The van der Waals surface area contributed by atoms with Crippen LogP contribution in [-0.4, -0.2) is 41.5 Å². The number of primary amides is 1. The minimum Gasteiger partial charge on any atom is -0.494 e. The van der Waals surface area contributed by atoms with E-state index in [-0.39, 0.29) is 0 Å². The molecule has 0 unspecified atom stereocenters. The summed E-state index contributed by atoms with van der Waals surface area (Å²) in [5.41, 5.74) is 8.15. The number of aromatic nitrogens is 1. The number of rotatable bonds is 7. The van der Waals surface area contributed by atoms with Crippen LogP contribution >= 0.6 is 0 Å². The summed E-state index contributed by atoms with van der Waals surface area (Å²) in [6, 6.07) is 10.4. The molecule has 0 spiro atoms. The third-order valence-electron chi connectivity index (χ3n) is 4.95. The molecule has 1 aromatic heterocycles. The number of carbonyl (C=O) groups is 1. The summed E-state index contributed by atoms with van der Waals surface area (Å²) in [6.07, 6.45) is 3.64. The standard InChI is InChI=1S/C21H28N4O2/c1-3-27-19-12-16(5-4-15(19)2)14-25-10-8-18(9-11-25)24-20-7-6-17(13-23-20)21(22)26/h4-7,12-13,18H,3,8-11,14H2,1-2H3,(H2,22,26)(H,23,24). The number of nitrogens with zero attached hydrogens (tertiary/aromatic N) is 2. The van der Waals surface area contributed by atoms with Crippen molar-refractivity contribution in [1.82, 2.24) is 9.88 Å². The minimum absolute atomic E-state index is 0.394. The number of hydrogen-bond donors (Lipinski definition) is 2. The molecule has 1 aliphatic heterocycles. The molecule has 0 atom stereocenters. The number of ether oxygens (including phenoxy) is 1. The van der Waals surface area contributed by atoms with Gasteiger partial charge in [-0.2, -0.15) is 0 Å². The molecule has 1 fully saturated rings. The molecule has 3 rings (SSSR count). The molecule has 1 amide bonds. The molecular formula is C21H28N4O2. The molecule has 2 aromatic rings. The normalized spacial score (nSPS) is 15.5. The van der Waals surface area contributed by atoms with Gasteiger partial charge in [-0.1, -0.05) is 12.1 Å². The van der Waals surface area contributed by atoms with Crippen LogP contribution in [0.2, 0.25) is 0 Å². The van der Waals surface area contributed by atoms with Gasteiger partial charge < -0.3 is 15.8 Å². The molecule has 0 radical (unpaired) electrons.